The summed E-state index contributed by atoms with van der Waals surface area (Å²) in [6, 6.07) is 5.62. The van der Waals surface area contributed by atoms with Gasteiger partial charge in [0.05, 0.1) is 0 Å². The largest absolute Gasteiger partial charge is 0.398 e. The van der Waals surface area contributed by atoms with Crippen molar-refractivity contribution in [3.63, 3.8) is 0 Å². The molecule has 3 nitrogen and oxygen atoms in total. The van der Waals surface area contributed by atoms with Crippen molar-refractivity contribution >= 4 is 5.69 Å². The maximum absolute atomic E-state index is 8.74. The van der Waals surface area contributed by atoms with Gasteiger partial charge in [-0.15, -0.1) is 0 Å². The molecule has 0 amide bonds. The number of nitrogens with two attached hydrogens (primary N) is 2. The maximum atomic E-state index is 8.74. The Kier molecular flexibility index (Phi) is 3.28. The highest BCUT2D eigenvalue weighted by Gasteiger charge is 2.09. The van der Waals surface area contributed by atoms with E-state index in [1.165, 1.54) is 0 Å². The lowest BCUT2D eigenvalue weighted by atomic mass is 10.0. The fraction of sp³-hybridized carbons (Fsp3) is 0.400. The van der Waals surface area contributed by atoms with Crippen molar-refractivity contribution in [1.82, 2.24) is 0 Å². The van der Waals surface area contributed by atoms with Gasteiger partial charge in [-0.25, -0.2) is 0 Å². The van der Waals surface area contributed by atoms with Crippen LogP contribution in [-0.4, -0.2) is 11.7 Å². The van der Waals surface area contributed by atoms with Crippen LogP contribution in [0.25, 0.3) is 0 Å². The van der Waals surface area contributed by atoms with E-state index in [2.05, 4.69) is 0 Å². The highest BCUT2D eigenvalue weighted by atomic mass is 16.3. The van der Waals surface area contributed by atoms with Crippen molar-refractivity contribution < 1.29 is 5.11 Å². The molecule has 13 heavy (non-hydrogen) atoms. The van der Waals surface area contributed by atoms with Gasteiger partial charge in [0.15, 0.2) is 0 Å². The molecular weight excluding hydrogens is 164 g/mol. The zero-order chi connectivity index (χ0) is 9.84. The molecule has 0 spiro atoms. The number of nitrogen functional groups attached to an aromatic ring is 1. The molecule has 0 saturated heterocycles. The first-order valence-electron chi connectivity index (χ1n) is 4.38. The maximum Gasteiger partial charge on any atom is 0.0449 e. The van der Waals surface area contributed by atoms with E-state index >= 15 is 0 Å². The first-order chi connectivity index (χ1) is 6.16. The SMILES string of the molecule is Cc1cccc([C@@H](N)CCO)c1N. The van der Waals surface area contributed by atoms with Crippen LogP contribution in [0.4, 0.5) is 5.69 Å². The second-order valence-corrected chi connectivity index (χ2v) is 3.20. The molecule has 1 rings (SSSR count). The first-order valence-corrected chi connectivity index (χ1v) is 4.38. The molecule has 1 atom stereocenters. The van der Waals surface area contributed by atoms with Gasteiger partial charge < -0.3 is 16.6 Å². The lowest BCUT2D eigenvalue weighted by Crippen LogP contribution is -2.14. The molecule has 72 valence electrons. The molecule has 0 aromatic heterocycles. The number of aliphatic hydroxyl groups is 1. The van der Waals surface area contributed by atoms with E-state index < -0.39 is 0 Å². The van der Waals surface area contributed by atoms with Crippen LogP contribution in [0.1, 0.15) is 23.6 Å². The monoisotopic (exact) mass is 180 g/mol. The summed E-state index contributed by atoms with van der Waals surface area (Å²) in [5, 5.41) is 8.74. The van der Waals surface area contributed by atoms with Gasteiger partial charge in [0, 0.05) is 18.3 Å². The van der Waals surface area contributed by atoms with Crippen LogP contribution in [0, 0.1) is 6.92 Å². The highest BCUT2D eigenvalue weighted by molar-refractivity contribution is 5.54. The van der Waals surface area contributed by atoms with Crippen LogP contribution >= 0.6 is 0 Å². The zero-order valence-corrected chi connectivity index (χ0v) is 7.83. The van der Waals surface area contributed by atoms with Gasteiger partial charge in [-0.2, -0.15) is 0 Å². The average Bonchev–Trinajstić information content (AvgIpc) is 2.10. The van der Waals surface area contributed by atoms with Gasteiger partial charge in [-0.1, -0.05) is 18.2 Å². The minimum absolute atomic E-state index is 0.0918. The van der Waals surface area contributed by atoms with Crippen molar-refractivity contribution in [2.75, 3.05) is 12.3 Å². The molecule has 3 heteroatoms. The van der Waals surface area contributed by atoms with Crippen molar-refractivity contribution in [2.45, 2.75) is 19.4 Å². The van der Waals surface area contributed by atoms with E-state index in [1.807, 2.05) is 25.1 Å². The molecule has 0 saturated carbocycles. The fourth-order valence-corrected chi connectivity index (χ4v) is 1.32. The average molecular weight is 180 g/mol. The minimum Gasteiger partial charge on any atom is -0.398 e. The van der Waals surface area contributed by atoms with E-state index in [0.717, 1.165) is 16.8 Å². The molecule has 1 aromatic rings. The van der Waals surface area contributed by atoms with E-state index in [4.69, 9.17) is 16.6 Å². The number of rotatable bonds is 3. The molecule has 1 aromatic carbocycles. The summed E-state index contributed by atoms with van der Waals surface area (Å²) in [5.41, 5.74) is 14.4. The predicted molar refractivity (Wildman–Crippen MR) is 54.2 cm³/mol. The molecule has 0 heterocycles. The van der Waals surface area contributed by atoms with Crippen LogP contribution in [-0.2, 0) is 0 Å². The molecule has 0 aliphatic heterocycles. The molecule has 0 aliphatic carbocycles. The van der Waals surface area contributed by atoms with Crippen molar-refractivity contribution in [3.8, 4) is 0 Å². The standard InChI is InChI=1S/C10H16N2O/c1-7-3-2-4-8(10(7)12)9(11)5-6-13/h2-4,9,13H,5-6,11-12H2,1H3/t9-/m0/s1. The third kappa shape index (κ3) is 2.20. The normalized spacial score (nSPS) is 12.8. The van der Waals surface area contributed by atoms with Gasteiger partial charge in [0.25, 0.3) is 0 Å². The van der Waals surface area contributed by atoms with Gasteiger partial charge in [-0.3, -0.25) is 0 Å². The topological polar surface area (TPSA) is 72.3 Å². The number of hydrogen-bond donors (Lipinski definition) is 3. The minimum atomic E-state index is -0.162. The first kappa shape index (κ1) is 10.0. The summed E-state index contributed by atoms with van der Waals surface area (Å²) in [6.45, 7) is 2.04. The second kappa shape index (κ2) is 4.25. The Labute approximate surface area is 78.4 Å². The third-order valence-corrected chi connectivity index (χ3v) is 2.20. The Balaban J connectivity index is 2.93. The molecule has 0 aliphatic rings. The van der Waals surface area contributed by atoms with Gasteiger partial charge in [0.2, 0.25) is 0 Å². The van der Waals surface area contributed by atoms with Crippen LogP contribution in [0.3, 0.4) is 0 Å². The van der Waals surface area contributed by atoms with E-state index in [0.29, 0.717) is 6.42 Å². The number of hydrogen-bond acceptors (Lipinski definition) is 3. The summed E-state index contributed by atoms with van der Waals surface area (Å²) in [7, 11) is 0. The molecule has 0 radical (unpaired) electrons. The molecule has 5 N–H and O–H groups in total. The number of anilines is 1. The third-order valence-electron chi connectivity index (χ3n) is 2.20. The summed E-state index contributed by atoms with van der Waals surface area (Å²) < 4.78 is 0. The quantitative estimate of drug-likeness (QED) is 0.607. The van der Waals surface area contributed by atoms with E-state index in [1.54, 1.807) is 0 Å². The Hall–Kier alpha value is -1.06. The fourth-order valence-electron chi connectivity index (χ4n) is 1.32. The zero-order valence-electron chi connectivity index (χ0n) is 7.83. The highest BCUT2D eigenvalue weighted by Crippen LogP contribution is 2.23. The molecule has 0 unspecified atom stereocenters. The van der Waals surface area contributed by atoms with E-state index in [-0.39, 0.29) is 12.6 Å². The molecule has 0 bridgehead atoms. The number of benzene rings is 1. The lowest BCUT2D eigenvalue weighted by molar-refractivity contribution is 0.276. The van der Waals surface area contributed by atoms with Crippen molar-refractivity contribution in [3.05, 3.63) is 29.3 Å². The Morgan fingerprint density at radius 2 is 2.15 bits per heavy atom. The van der Waals surface area contributed by atoms with E-state index in [9.17, 15) is 0 Å². The van der Waals surface area contributed by atoms with Gasteiger partial charge in [0.1, 0.15) is 0 Å². The number of aliphatic hydroxyl groups excluding tert-OH is 1. The Bertz CT molecular complexity index is 286. The summed E-state index contributed by atoms with van der Waals surface area (Å²) in [4.78, 5) is 0. The summed E-state index contributed by atoms with van der Waals surface area (Å²) in [5.74, 6) is 0. The van der Waals surface area contributed by atoms with Crippen LogP contribution in [0.2, 0.25) is 0 Å². The van der Waals surface area contributed by atoms with Gasteiger partial charge >= 0.3 is 0 Å². The summed E-state index contributed by atoms with van der Waals surface area (Å²) >= 11 is 0. The molecule has 0 fully saturated rings. The van der Waals surface area contributed by atoms with Gasteiger partial charge in [-0.05, 0) is 24.5 Å². The predicted octanol–water partition coefficient (Wildman–Crippen LogP) is 0.959. The van der Waals surface area contributed by atoms with Crippen molar-refractivity contribution in [2.24, 2.45) is 5.73 Å². The lowest BCUT2D eigenvalue weighted by Gasteiger charge is -2.14. The van der Waals surface area contributed by atoms with Crippen molar-refractivity contribution in [1.29, 1.82) is 0 Å². The molecular formula is C10H16N2O. The van der Waals surface area contributed by atoms with Crippen LogP contribution in [0.15, 0.2) is 18.2 Å². The smallest absolute Gasteiger partial charge is 0.0449 e. The van der Waals surface area contributed by atoms with Crippen LogP contribution in [0.5, 0.6) is 0 Å². The second-order valence-electron chi connectivity index (χ2n) is 3.20. The van der Waals surface area contributed by atoms with Crippen LogP contribution < -0.4 is 11.5 Å². The summed E-state index contributed by atoms with van der Waals surface area (Å²) in [6.07, 6.45) is 0.549. The number of aryl methyl sites for hydroxylation is 1. The Morgan fingerprint density at radius 1 is 1.46 bits per heavy atom. The Morgan fingerprint density at radius 3 is 2.77 bits per heavy atom. The number of para-hydroxylation sites is 1.